The summed E-state index contributed by atoms with van der Waals surface area (Å²) in [5, 5.41) is 0. The normalized spacial score (nSPS) is 20.2. The lowest BCUT2D eigenvalue weighted by Crippen LogP contribution is -2.46. The first kappa shape index (κ1) is 16.4. The van der Waals surface area contributed by atoms with Crippen LogP contribution in [0.25, 0.3) is 0 Å². The van der Waals surface area contributed by atoms with Crippen molar-refractivity contribution in [1.82, 2.24) is 4.90 Å². The summed E-state index contributed by atoms with van der Waals surface area (Å²) in [6, 6.07) is 13.8. The molecule has 2 aliphatic heterocycles. The average Bonchev–Trinajstić information content (AvgIpc) is 2.67. The molecule has 1 saturated heterocycles. The number of piperazine rings is 1. The molecule has 0 saturated carbocycles. The summed E-state index contributed by atoms with van der Waals surface area (Å²) in [7, 11) is -2.39. The van der Waals surface area contributed by atoms with E-state index < -0.39 is 10.4 Å². The maximum absolute atomic E-state index is 11.0. The van der Waals surface area contributed by atoms with Gasteiger partial charge in [-0.25, -0.2) is 0 Å². The van der Waals surface area contributed by atoms with Gasteiger partial charge in [-0.1, -0.05) is 24.3 Å². The molecule has 7 heteroatoms. The van der Waals surface area contributed by atoms with Crippen LogP contribution in [0.3, 0.4) is 0 Å². The first-order chi connectivity index (χ1) is 11.9. The van der Waals surface area contributed by atoms with Gasteiger partial charge in [-0.2, -0.15) is 8.42 Å². The fourth-order valence-corrected chi connectivity index (χ4v) is 4.20. The maximum Gasteiger partial charge on any atom is 0.446 e. The predicted octanol–water partition coefficient (Wildman–Crippen LogP) is 2.27. The van der Waals surface area contributed by atoms with Crippen LogP contribution in [-0.2, 0) is 16.8 Å². The zero-order valence-corrected chi connectivity index (χ0v) is 14.7. The maximum atomic E-state index is 11.0. The smallest absolute Gasteiger partial charge is 0.362 e. The minimum Gasteiger partial charge on any atom is -0.362 e. The molecule has 0 bridgehead atoms. The zero-order valence-electron chi connectivity index (χ0n) is 13.9. The van der Waals surface area contributed by atoms with Gasteiger partial charge in [0.1, 0.15) is 5.75 Å². The molecule has 2 heterocycles. The Balaban J connectivity index is 1.82. The van der Waals surface area contributed by atoms with Crippen molar-refractivity contribution >= 4 is 16.1 Å². The van der Waals surface area contributed by atoms with Crippen LogP contribution >= 0.6 is 0 Å². The molecule has 25 heavy (non-hydrogen) atoms. The van der Waals surface area contributed by atoms with Gasteiger partial charge in [0.25, 0.3) is 0 Å². The minimum atomic E-state index is -4.52. The number of rotatable bonds is 2. The molecular weight excluding hydrogens is 340 g/mol. The van der Waals surface area contributed by atoms with Crippen molar-refractivity contribution in [1.29, 1.82) is 0 Å². The highest BCUT2D eigenvalue weighted by Gasteiger charge is 2.32. The fourth-order valence-electron chi connectivity index (χ4n) is 3.86. The molecule has 0 spiro atoms. The summed E-state index contributed by atoms with van der Waals surface area (Å²) in [6.45, 7) is 2.82. The van der Waals surface area contributed by atoms with Crippen LogP contribution in [0, 0.1) is 0 Å². The van der Waals surface area contributed by atoms with E-state index in [0.717, 1.165) is 30.9 Å². The average molecular weight is 360 g/mol. The van der Waals surface area contributed by atoms with Crippen LogP contribution in [-0.4, -0.2) is 44.6 Å². The van der Waals surface area contributed by atoms with Crippen LogP contribution in [0.5, 0.6) is 5.75 Å². The molecule has 1 unspecified atom stereocenters. The molecule has 1 fully saturated rings. The molecule has 0 amide bonds. The van der Waals surface area contributed by atoms with Crippen molar-refractivity contribution in [3.63, 3.8) is 0 Å². The van der Waals surface area contributed by atoms with E-state index in [1.165, 1.54) is 11.1 Å². The van der Waals surface area contributed by atoms with Gasteiger partial charge in [-0.15, -0.1) is 0 Å². The Morgan fingerprint density at radius 1 is 1.12 bits per heavy atom. The van der Waals surface area contributed by atoms with Gasteiger partial charge in [0.15, 0.2) is 0 Å². The molecule has 2 aliphatic rings. The number of anilines is 1. The Labute approximate surface area is 147 Å². The Hall–Kier alpha value is -2.09. The number of nitrogens with zero attached hydrogens (tertiary/aromatic N) is 2. The molecular formula is C18H20N2O4S. The van der Waals surface area contributed by atoms with Crippen molar-refractivity contribution in [3.05, 3.63) is 59.2 Å². The van der Waals surface area contributed by atoms with Gasteiger partial charge in [-0.05, 0) is 48.4 Å². The van der Waals surface area contributed by atoms with E-state index in [1.54, 1.807) is 12.1 Å². The van der Waals surface area contributed by atoms with E-state index in [2.05, 4.69) is 39.2 Å². The van der Waals surface area contributed by atoms with E-state index in [0.29, 0.717) is 6.42 Å². The summed E-state index contributed by atoms with van der Waals surface area (Å²) in [5.74, 6) is 0.131. The minimum absolute atomic E-state index is 0.131. The molecule has 6 nitrogen and oxygen atoms in total. The first-order valence-corrected chi connectivity index (χ1v) is 9.60. The molecule has 0 aromatic heterocycles. The second kappa shape index (κ2) is 6.01. The van der Waals surface area contributed by atoms with Gasteiger partial charge in [0, 0.05) is 25.3 Å². The first-order valence-electron chi connectivity index (χ1n) is 8.23. The Bertz CT molecular complexity index is 913. The van der Waals surface area contributed by atoms with Gasteiger partial charge >= 0.3 is 10.4 Å². The van der Waals surface area contributed by atoms with Crippen LogP contribution in [0.2, 0.25) is 0 Å². The van der Waals surface area contributed by atoms with Gasteiger partial charge < -0.3 is 14.0 Å². The largest absolute Gasteiger partial charge is 0.446 e. The summed E-state index contributed by atoms with van der Waals surface area (Å²) >= 11 is 0. The summed E-state index contributed by atoms with van der Waals surface area (Å²) in [4.78, 5) is 4.72. The van der Waals surface area contributed by atoms with Crippen molar-refractivity contribution in [2.75, 3.05) is 31.6 Å². The van der Waals surface area contributed by atoms with E-state index in [4.69, 9.17) is 4.55 Å². The van der Waals surface area contributed by atoms with E-state index in [-0.39, 0.29) is 11.8 Å². The highest BCUT2D eigenvalue weighted by atomic mass is 32.3. The molecule has 0 aliphatic carbocycles. The summed E-state index contributed by atoms with van der Waals surface area (Å²) in [6.07, 6.45) is 0.699. The van der Waals surface area contributed by atoms with E-state index in [1.807, 2.05) is 12.1 Å². The van der Waals surface area contributed by atoms with Gasteiger partial charge in [-0.3, -0.25) is 4.55 Å². The van der Waals surface area contributed by atoms with Crippen molar-refractivity contribution in [2.24, 2.45) is 0 Å². The van der Waals surface area contributed by atoms with Crippen molar-refractivity contribution in [3.8, 4) is 5.75 Å². The van der Waals surface area contributed by atoms with Crippen LogP contribution in [0.4, 0.5) is 5.69 Å². The second-order valence-corrected chi connectivity index (χ2v) is 7.67. The lowest BCUT2D eigenvalue weighted by atomic mass is 9.96. The Morgan fingerprint density at radius 3 is 2.72 bits per heavy atom. The molecule has 2 aromatic rings. The van der Waals surface area contributed by atoms with Crippen LogP contribution < -0.4 is 9.08 Å². The highest BCUT2D eigenvalue weighted by molar-refractivity contribution is 7.81. The molecule has 2 aromatic carbocycles. The quantitative estimate of drug-likeness (QED) is 0.829. The van der Waals surface area contributed by atoms with Gasteiger partial charge in [0.2, 0.25) is 0 Å². The number of likely N-dealkylation sites (N-methyl/N-ethyl adjacent to an activating group) is 1. The third-order valence-electron chi connectivity index (χ3n) is 4.94. The highest BCUT2D eigenvalue weighted by Crippen LogP contribution is 2.40. The van der Waals surface area contributed by atoms with Crippen LogP contribution in [0.15, 0.2) is 42.5 Å². The molecule has 0 radical (unpaired) electrons. The third kappa shape index (κ3) is 3.22. The second-order valence-electron chi connectivity index (χ2n) is 6.65. The molecule has 1 atom stereocenters. The fraction of sp³-hybridized carbons (Fsp3) is 0.333. The summed E-state index contributed by atoms with van der Waals surface area (Å²) in [5.41, 5.74) is 4.63. The number of fused-ring (bicyclic) bond motifs is 5. The molecule has 132 valence electrons. The number of benzene rings is 2. The molecule has 4 rings (SSSR count). The molecule has 1 N–H and O–H groups in total. The lowest BCUT2D eigenvalue weighted by Gasteiger charge is -2.41. The standard InChI is InChI=1S/C18H20N2O4S/c1-19-8-9-20-17-7-6-15(24-25(21,22)23)11-14(17)10-13-4-2-3-5-16(13)18(20)12-19/h2-7,11,18H,8-10,12H2,1H3,(H,21,22,23). The van der Waals surface area contributed by atoms with E-state index in [9.17, 15) is 8.42 Å². The third-order valence-corrected chi connectivity index (χ3v) is 5.34. The SMILES string of the molecule is CN1CCN2c3ccc(OS(=O)(=O)O)cc3Cc3ccccc3C2C1. The zero-order chi connectivity index (χ0) is 17.6. The Kier molecular flexibility index (Phi) is 3.94. The van der Waals surface area contributed by atoms with Crippen LogP contribution in [0.1, 0.15) is 22.7 Å². The van der Waals surface area contributed by atoms with Crippen molar-refractivity contribution < 1.29 is 17.2 Å². The monoisotopic (exact) mass is 360 g/mol. The van der Waals surface area contributed by atoms with Gasteiger partial charge in [0.05, 0.1) is 6.04 Å². The Morgan fingerprint density at radius 2 is 1.92 bits per heavy atom. The number of hydrogen-bond acceptors (Lipinski definition) is 5. The van der Waals surface area contributed by atoms with E-state index >= 15 is 0 Å². The topological polar surface area (TPSA) is 70.1 Å². The predicted molar refractivity (Wildman–Crippen MR) is 95.5 cm³/mol. The summed E-state index contributed by atoms with van der Waals surface area (Å²) < 4.78 is 35.6. The number of hydrogen-bond donors (Lipinski definition) is 1. The van der Waals surface area contributed by atoms with Crippen molar-refractivity contribution in [2.45, 2.75) is 12.5 Å². The lowest BCUT2D eigenvalue weighted by molar-refractivity contribution is 0.269.